The molecule has 0 aliphatic rings. The van der Waals surface area contributed by atoms with Gasteiger partial charge in [-0.1, -0.05) is 36.8 Å². The minimum absolute atomic E-state index is 0.673. The summed E-state index contributed by atoms with van der Waals surface area (Å²) in [4.78, 5) is 3.33. The monoisotopic (exact) mass is 337 g/mol. The van der Waals surface area contributed by atoms with Gasteiger partial charge < -0.3 is 15.6 Å². The molecule has 2 aromatic carbocycles. The Morgan fingerprint density at radius 1 is 1.12 bits per heavy atom. The van der Waals surface area contributed by atoms with Gasteiger partial charge in [-0.2, -0.15) is 0 Å². The van der Waals surface area contributed by atoms with E-state index in [9.17, 15) is 0 Å². The van der Waals surface area contributed by atoms with Crippen LogP contribution in [0.3, 0.4) is 0 Å². The van der Waals surface area contributed by atoms with Crippen LogP contribution in [0.4, 0.5) is 5.69 Å². The lowest BCUT2D eigenvalue weighted by Gasteiger charge is -2.13. The molecule has 0 saturated heterocycles. The molecule has 3 nitrogen and oxygen atoms in total. The number of aromatic nitrogens is 1. The molecular formula is C20H23N3S. The number of fused-ring (bicyclic) bond motifs is 1. The van der Waals surface area contributed by atoms with E-state index in [1.807, 2.05) is 6.07 Å². The Kier molecular flexibility index (Phi) is 5.16. The molecule has 1 aromatic heterocycles. The number of thiocarbonyl (C=S) groups is 1. The average molecular weight is 337 g/mol. The summed E-state index contributed by atoms with van der Waals surface area (Å²) in [6, 6.07) is 14.8. The molecule has 0 amide bonds. The van der Waals surface area contributed by atoms with E-state index in [2.05, 4.69) is 72.1 Å². The number of para-hydroxylation sites is 1. The predicted molar refractivity (Wildman–Crippen MR) is 107 cm³/mol. The number of hydrogen-bond acceptors (Lipinski definition) is 1. The van der Waals surface area contributed by atoms with Crippen LogP contribution >= 0.6 is 12.2 Å². The van der Waals surface area contributed by atoms with Gasteiger partial charge in [0, 0.05) is 29.3 Å². The summed E-state index contributed by atoms with van der Waals surface area (Å²) in [6.07, 6.45) is 4.01. The minimum Gasteiger partial charge on any atom is -0.362 e. The molecule has 4 heteroatoms. The Bertz CT molecular complexity index is 851. The van der Waals surface area contributed by atoms with E-state index in [4.69, 9.17) is 12.2 Å². The van der Waals surface area contributed by atoms with Crippen molar-refractivity contribution in [2.45, 2.75) is 26.7 Å². The van der Waals surface area contributed by atoms with E-state index in [1.54, 1.807) is 0 Å². The van der Waals surface area contributed by atoms with Crippen molar-refractivity contribution in [3.05, 3.63) is 65.4 Å². The van der Waals surface area contributed by atoms with Gasteiger partial charge in [0.2, 0.25) is 0 Å². The molecule has 0 bridgehead atoms. The third kappa shape index (κ3) is 3.77. The number of nitrogens with one attached hydrogen (secondary N) is 3. The van der Waals surface area contributed by atoms with Crippen molar-refractivity contribution >= 4 is 33.9 Å². The molecule has 0 spiro atoms. The number of H-pyrrole nitrogens is 1. The molecule has 3 aromatic rings. The molecule has 3 N–H and O–H groups in total. The Hall–Kier alpha value is -2.33. The minimum atomic E-state index is 0.673. The van der Waals surface area contributed by atoms with Gasteiger partial charge in [0.25, 0.3) is 0 Å². The van der Waals surface area contributed by atoms with Crippen LogP contribution < -0.4 is 10.6 Å². The number of rotatable bonds is 5. The van der Waals surface area contributed by atoms with Gasteiger partial charge in [0.1, 0.15) is 0 Å². The van der Waals surface area contributed by atoms with Crippen molar-refractivity contribution in [1.82, 2.24) is 10.3 Å². The Morgan fingerprint density at radius 3 is 2.79 bits per heavy atom. The zero-order valence-corrected chi connectivity index (χ0v) is 15.0. The van der Waals surface area contributed by atoms with Crippen molar-refractivity contribution < 1.29 is 0 Å². The summed E-state index contributed by atoms with van der Waals surface area (Å²) in [5.74, 6) is 0. The molecule has 0 aliphatic heterocycles. The second-order valence-corrected chi connectivity index (χ2v) is 6.41. The highest BCUT2D eigenvalue weighted by Crippen LogP contribution is 2.20. The van der Waals surface area contributed by atoms with E-state index in [-0.39, 0.29) is 0 Å². The Balaban J connectivity index is 1.57. The summed E-state index contributed by atoms with van der Waals surface area (Å²) < 4.78 is 0. The predicted octanol–water partition coefficient (Wildman–Crippen LogP) is 4.57. The summed E-state index contributed by atoms with van der Waals surface area (Å²) in [5, 5.41) is 8.58. The molecule has 0 saturated carbocycles. The molecule has 0 aliphatic carbocycles. The lowest BCUT2D eigenvalue weighted by molar-refractivity contribution is 0.878. The number of benzene rings is 2. The molecule has 3 rings (SSSR count). The second kappa shape index (κ2) is 7.49. The lowest BCUT2D eigenvalue weighted by atomic mass is 10.1. The third-order valence-electron chi connectivity index (χ3n) is 4.25. The lowest BCUT2D eigenvalue weighted by Crippen LogP contribution is -2.30. The van der Waals surface area contributed by atoms with Gasteiger partial charge in [-0.25, -0.2) is 0 Å². The molecule has 124 valence electrons. The summed E-state index contributed by atoms with van der Waals surface area (Å²) in [6.45, 7) is 5.08. The SMILES string of the molecule is CCc1ccccc1NC(=S)NCCc1c[nH]c2ccc(C)cc12. The van der Waals surface area contributed by atoms with Crippen molar-refractivity contribution in [1.29, 1.82) is 0 Å². The van der Waals surface area contributed by atoms with Crippen LogP contribution in [-0.2, 0) is 12.8 Å². The van der Waals surface area contributed by atoms with Gasteiger partial charge in [-0.05, 0) is 61.3 Å². The average Bonchev–Trinajstić information content (AvgIpc) is 2.97. The second-order valence-electron chi connectivity index (χ2n) is 6.00. The van der Waals surface area contributed by atoms with Crippen LogP contribution in [0.15, 0.2) is 48.7 Å². The maximum Gasteiger partial charge on any atom is 0.170 e. The van der Waals surface area contributed by atoms with Crippen LogP contribution in [0, 0.1) is 6.92 Å². The fourth-order valence-corrected chi connectivity index (χ4v) is 3.14. The van der Waals surface area contributed by atoms with Crippen molar-refractivity contribution in [2.75, 3.05) is 11.9 Å². The van der Waals surface area contributed by atoms with Crippen molar-refractivity contribution in [2.24, 2.45) is 0 Å². The fourth-order valence-electron chi connectivity index (χ4n) is 2.93. The first-order valence-electron chi connectivity index (χ1n) is 8.36. The van der Waals surface area contributed by atoms with Gasteiger partial charge >= 0.3 is 0 Å². The largest absolute Gasteiger partial charge is 0.362 e. The molecular weight excluding hydrogens is 314 g/mol. The van der Waals surface area contributed by atoms with Gasteiger partial charge in [0.05, 0.1) is 0 Å². The number of aromatic amines is 1. The van der Waals surface area contributed by atoms with Gasteiger partial charge in [-0.15, -0.1) is 0 Å². The zero-order chi connectivity index (χ0) is 16.9. The van der Waals surface area contributed by atoms with Crippen LogP contribution in [0.25, 0.3) is 10.9 Å². The third-order valence-corrected chi connectivity index (χ3v) is 4.50. The molecule has 0 fully saturated rings. The van der Waals surface area contributed by atoms with Crippen molar-refractivity contribution in [3.8, 4) is 0 Å². The van der Waals surface area contributed by atoms with Crippen LogP contribution in [-0.4, -0.2) is 16.6 Å². The molecule has 0 atom stereocenters. The van der Waals surface area contributed by atoms with Crippen molar-refractivity contribution in [3.63, 3.8) is 0 Å². The zero-order valence-electron chi connectivity index (χ0n) is 14.1. The number of anilines is 1. The standard InChI is InChI=1S/C20H23N3S/c1-3-15-6-4-5-7-18(15)23-20(24)21-11-10-16-13-22-19-9-8-14(2)12-17(16)19/h4-9,12-13,22H,3,10-11H2,1-2H3,(H2,21,23,24). The van der Waals surface area contributed by atoms with E-state index in [1.165, 1.54) is 27.6 Å². The van der Waals surface area contributed by atoms with Gasteiger partial charge in [-0.3, -0.25) is 0 Å². The molecule has 0 unspecified atom stereocenters. The topological polar surface area (TPSA) is 39.8 Å². The van der Waals surface area contributed by atoms with E-state index >= 15 is 0 Å². The molecule has 0 radical (unpaired) electrons. The molecule has 24 heavy (non-hydrogen) atoms. The first-order valence-corrected chi connectivity index (χ1v) is 8.77. The normalized spacial score (nSPS) is 10.8. The number of hydrogen-bond donors (Lipinski definition) is 3. The summed E-state index contributed by atoms with van der Waals surface area (Å²) >= 11 is 5.42. The molecule has 1 heterocycles. The van der Waals surface area contributed by atoms with Crippen LogP contribution in [0.5, 0.6) is 0 Å². The smallest absolute Gasteiger partial charge is 0.170 e. The Morgan fingerprint density at radius 2 is 1.96 bits per heavy atom. The maximum absolute atomic E-state index is 5.42. The highest BCUT2D eigenvalue weighted by atomic mass is 32.1. The summed E-state index contributed by atoms with van der Waals surface area (Å²) in [7, 11) is 0. The first-order chi connectivity index (χ1) is 11.7. The quantitative estimate of drug-likeness (QED) is 0.597. The van der Waals surface area contributed by atoms with Gasteiger partial charge in [0.15, 0.2) is 5.11 Å². The van der Waals surface area contributed by atoms with Crippen LogP contribution in [0.2, 0.25) is 0 Å². The highest BCUT2D eigenvalue weighted by molar-refractivity contribution is 7.80. The summed E-state index contributed by atoms with van der Waals surface area (Å²) in [5.41, 5.74) is 6.14. The van der Waals surface area contributed by atoms with E-state index in [0.29, 0.717) is 5.11 Å². The van der Waals surface area contributed by atoms with E-state index < -0.39 is 0 Å². The van der Waals surface area contributed by atoms with Crippen LogP contribution in [0.1, 0.15) is 23.6 Å². The van der Waals surface area contributed by atoms with E-state index in [0.717, 1.165) is 25.1 Å². The number of aryl methyl sites for hydroxylation is 2. The Labute approximate surface area is 148 Å². The fraction of sp³-hybridized carbons (Fsp3) is 0.250. The first kappa shape index (κ1) is 16.5. The highest BCUT2D eigenvalue weighted by Gasteiger charge is 2.05. The maximum atomic E-state index is 5.42.